The van der Waals surface area contributed by atoms with E-state index in [9.17, 15) is 4.79 Å². The van der Waals surface area contributed by atoms with Gasteiger partial charge in [-0.25, -0.2) is 0 Å². The molecule has 6 nitrogen and oxygen atoms in total. The van der Waals surface area contributed by atoms with Crippen molar-refractivity contribution in [3.05, 3.63) is 35.9 Å². The van der Waals surface area contributed by atoms with E-state index in [0.717, 1.165) is 51.6 Å². The van der Waals surface area contributed by atoms with Crippen LogP contribution in [-0.4, -0.2) is 63.2 Å². The summed E-state index contributed by atoms with van der Waals surface area (Å²) in [4.78, 5) is 18.9. The minimum atomic E-state index is 0. The van der Waals surface area contributed by atoms with Gasteiger partial charge in [0.15, 0.2) is 5.96 Å². The average Bonchev–Trinajstić information content (AvgIpc) is 3.02. The molecule has 1 aliphatic rings. The van der Waals surface area contributed by atoms with Crippen molar-refractivity contribution in [2.45, 2.75) is 26.2 Å². The first-order chi connectivity index (χ1) is 12.7. The number of halogens is 1. The van der Waals surface area contributed by atoms with Gasteiger partial charge in [0.05, 0.1) is 0 Å². The van der Waals surface area contributed by atoms with Crippen LogP contribution >= 0.6 is 24.0 Å². The number of nitrogens with one attached hydrogen (secondary N) is 2. The van der Waals surface area contributed by atoms with E-state index in [4.69, 9.17) is 4.74 Å². The molecular weight excluding hydrogens is 455 g/mol. The molecule has 1 unspecified atom stereocenters. The van der Waals surface area contributed by atoms with Crippen LogP contribution in [0.5, 0.6) is 0 Å². The molecule has 1 atom stereocenters. The maximum absolute atomic E-state index is 12.3. The molecule has 0 aliphatic carbocycles. The summed E-state index contributed by atoms with van der Waals surface area (Å²) in [6.07, 6.45) is 2.45. The lowest BCUT2D eigenvalue weighted by molar-refractivity contribution is -0.127. The number of carbonyl (C=O) groups excluding carboxylic acids is 1. The van der Waals surface area contributed by atoms with E-state index in [1.165, 1.54) is 5.56 Å². The molecule has 2 rings (SSSR count). The van der Waals surface area contributed by atoms with Crippen molar-refractivity contribution in [3.63, 3.8) is 0 Å². The molecule has 1 heterocycles. The zero-order chi connectivity index (χ0) is 18.6. The summed E-state index contributed by atoms with van der Waals surface area (Å²) in [6, 6.07) is 10.3. The Morgan fingerprint density at radius 2 is 2.07 bits per heavy atom. The van der Waals surface area contributed by atoms with Crippen LogP contribution in [-0.2, 0) is 16.0 Å². The number of aliphatic imine (C=N–C) groups is 1. The monoisotopic (exact) mass is 488 g/mol. The predicted octanol–water partition coefficient (Wildman–Crippen LogP) is 2.29. The normalized spacial score (nSPS) is 17.0. The van der Waals surface area contributed by atoms with E-state index in [2.05, 4.69) is 34.7 Å². The van der Waals surface area contributed by atoms with Gasteiger partial charge in [0.25, 0.3) is 0 Å². The number of likely N-dealkylation sites (tertiary alicyclic amines) is 1. The van der Waals surface area contributed by atoms with Crippen molar-refractivity contribution in [1.29, 1.82) is 0 Å². The fourth-order valence-corrected chi connectivity index (χ4v) is 3.09. The second kappa shape index (κ2) is 13.8. The van der Waals surface area contributed by atoms with E-state index in [-0.39, 0.29) is 29.9 Å². The minimum absolute atomic E-state index is 0. The topological polar surface area (TPSA) is 66.0 Å². The Balaban J connectivity index is 0.00000364. The molecule has 0 radical (unpaired) electrons. The number of nitrogens with zero attached hydrogens (tertiary/aromatic N) is 2. The summed E-state index contributed by atoms with van der Waals surface area (Å²) in [5.41, 5.74) is 1.27. The van der Waals surface area contributed by atoms with Crippen LogP contribution in [0.25, 0.3) is 0 Å². The minimum Gasteiger partial charge on any atom is -0.385 e. The second-order valence-electron chi connectivity index (χ2n) is 6.64. The number of guanidine groups is 1. The van der Waals surface area contributed by atoms with Gasteiger partial charge in [0.1, 0.15) is 0 Å². The van der Waals surface area contributed by atoms with Crippen LogP contribution in [0.15, 0.2) is 35.3 Å². The summed E-state index contributed by atoms with van der Waals surface area (Å²) in [7, 11) is 1.71. The highest BCUT2D eigenvalue weighted by molar-refractivity contribution is 14.0. The average molecular weight is 488 g/mol. The molecule has 152 valence electrons. The van der Waals surface area contributed by atoms with Gasteiger partial charge in [0, 0.05) is 58.8 Å². The van der Waals surface area contributed by atoms with E-state index in [1.54, 1.807) is 7.11 Å². The van der Waals surface area contributed by atoms with Crippen LogP contribution in [0.3, 0.4) is 0 Å². The van der Waals surface area contributed by atoms with E-state index < -0.39 is 0 Å². The van der Waals surface area contributed by atoms with Crippen molar-refractivity contribution >= 4 is 35.8 Å². The molecular formula is C20H33IN4O2. The standard InChI is InChI=1S/C20H32N4O2.HI/c1-3-21-20(22-11-7-13-26-2)23-15-18-14-19(25)24(16-18)12-10-17-8-5-4-6-9-17;/h4-6,8-9,18H,3,7,10-16H2,1-2H3,(H2,21,22,23);1H. The van der Waals surface area contributed by atoms with Gasteiger partial charge < -0.3 is 20.3 Å². The number of rotatable bonds is 10. The van der Waals surface area contributed by atoms with E-state index >= 15 is 0 Å². The number of carbonyl (C=O) groups is 1. The molecule has 1 amide bonds. The molecule has 7 heteroatoms. The number of amides is 1. The molecule has 0 saturated carbocycles. The molecule has 0 bridgehead atoms. The molecule has 27 heavy (non-hydrogen) atoms. The third kappa shape index (κ3) is 8.92. The SMILES string of the molecule is CCNC(=NCC1CC(=O)N(CCc2ccccc2)C1)NCCCOC.I. The van der Waals surface area contributed by atoms with Gasteiger partial charge in [-0.15, -0.1) is 24.0 Å². The zero-order valence-corrected chi connectivity index (χ0v) is 18.8. The smallest absolute Gasteiger partial charge is 0.223 e. The quantitative estimate of drug-likeness (QED) is 0.230. The molecule has 1 aromatic carbocycles. The summed E-state index contributed by atoms with van der Waals surface area (Å²) in [5, 5.41) is 6.56. The van der Waals surface area contributed by atoms with Gasteiger partial charge in [-0.3, -0.25) is 9.79 Å². The molecule has 0 spiro atoms. The van der Waals surface area contributed by atoms with Crippen molar-refractivity contribution in [2.24, 2.45) is 10.9 Å². The molecule has 1 aliphatic heterocycles. The van der Waals surface area contributed by atoms with Crippen LogP contribution in [0.2, 0.25) is 0 Å². The van der Waals surface area contributed by atoms with E-state index in [0.29, 0.717) is 18.9 Å². The lowest BCUT2D eigenvalue weighted by Crippen LogP contribution is -2.38. The zero-order valence-electron chi connectivity index (χ0n) is 16.4. The van der Waals surface area contributed by atoms with Gasteiger partial charge >= 0.3 is 0 Å². The largest absolute Gasteiger partial charge is 0.385 e. The summed E-state index contributed by atoms with van der Waals surface area (Å²) in [6.45, 7) is 6.70. The van der Waals surface area contributed by atoms with Gasteiger partial charge in [-0.05, 0) is 25.3 Å². The van der Waals surface area contributed by atoms with Gasteiger partial charge in [0.2, 0.25) is 5.91 Å². The summed E-state index contributed by atoms with van der Waals surface area (Å²) in [5.74, 6) is 1.37. The Bertz CT molecular complexity index is 568. The highest BCUT2D eigenvalue weighted by atomic mass is 127. The second-order valence-corrected chi connectivity index (χ2v) is 6.64. The number of hydrogen-bond donors (Lipinski definition) is 2. The first kappa shape index (κ1) is 23.7. The molecule has 1 aromatic rings. The lowest BCUT2D eigenvalue weighted by atomic mass is 10.1. The first-order valence-corrected chi connectivity index (χ1v) is 9.55. The van der Waals surface area contributed by atoms with Crippen molar-refractivity contribution in [3.8, 4) is 0 Å². The summed E-state index contributed by atoms with van der Waals surface area (Å²) < 4.78 is 5.06. The first-order valence-electron chi connectivity index (χ1n) is 9.55. The summed E-state index contributed by atoms with van der Waals surface area (Å²) >= 11 is 0. The predicted molar refractivity (Wildman–Crippen MR) is 121 cm³/mol. The number of ether oxygens (including phenoxy) is 1. The lowest BCUT2D eigenvalue weighted by Gasteiger charge is -2.16. The number of hydrogen-bond acceptors (Lipinski definition) is 3. The highest BCUT2D eigenvalue weighted by Crippen LogP contribution is 2.18. The fraction of sp³-hybridized carbons (Fsp3) is 0.600. The van der Waals surface area contributed by atoms with Crippen LogP contribution < -0.4 is 10.6 Å². The third-order valence-corrected chi connectivity index (χ3v) is 4.48. The van der Waals surface area contributed by atoms with Gasteiger partial charge in [-0.1, -0.05) is 30.3 Å². The number of benzene rings is 1. The van der Waals surface area contributed by atoms with Crippen molar-refractivity contribution in [1.82, 2.24) is 15.5 Å². The molecule has 1 saturated heterocycles. The van der Waals surface area contributed by atoms with Gasteiger partial charge in [-0.2, -0.15) is 0 Å². The Morgan fingerprint density at radius 1 is 1.30 bits per heavy atom. The van der Waals surface area contributed by atoms with Crippen LogP contribution in [0.1, 0.15) is 25.3 Å². The maximum atomic E-state index is 12.3. The molecule has 1 fully saturated rings. The van der Waals surface area contributed by atoms with Crippen LogP contribution in [0.4, 0.5) is 0 Å². The Kier molecular flexibility index (Phi) is 12.1. The van der Waals surface area contributed by atoms with Crippen LogP contribution in [0, 0.1) is 5.92 Å². The molecule has 2 N–H and O–H groups in total. The van der Waals surface area contributed by atoms with Crippen molar-refractivity contribution in [2.75, 3.05) is 46.4 Å². The molecule has 0 aromatic heterocycles. The maximum Gasteiger partial charge on any atom is 0.223 e. The fourth-order valence-electron chi connectivity index (χ4n) is 3.09. The Labute approximate surface area is 180 Å². The third-order valence-electron chi connectivity index (χ3n) is 4.48. The highest BCUT2D eigenvalue weighted by Gasteiger charge is 2.28. The van der Waals surface area contributed by atoms with Crippen molar-refractivity contribution < 1.29 is 9.53 Å². The van der Waals surface area contributed by atoms with E-state index in [1.807, 2.05) is 23.1 Å². The number of methoxy groups -OCH3 is 1. The Morgan fingerprint density at radius 3 is 2.78 bits per heavy atom. The Hall–Kier alpha value is -1.35.